The maximum Gasteiger partial charge on any atom is 0.458 e. The van der Waals surface area contributed by atoms with Gasteiger partial charge in [0.1, 0.15) is 23.3 Å². The van der Waals surface area contributed by atoms with Crippen molar-refractivity contribution < 1.29 is 35.5 Å². The van der Waals surface area contributed by atoms with Crippen LogP contribution in [0.15, 0.2) is 36.4 Å². The minimum Gasteiger partial charge on any atom is -0.374 e. The van der Waals surface area contributed by atoms with E-state index in [0.717, 1.165) is 24.8 Å². The molecule has 34 heavy (non-hydrogen) atoms. The van der Waals surface area contributed by atoms with Crippen molar-refractivity contribution in [3.8, 4) is 11.8 Å². The van der Waals surface area contributed by atoms with E-state index in [9.17, 15) is 30.7 Å². The highest BCUT2D eigenvalue weighted by molar-refractivity contribution is 5.85. The fourth-order valence-electron chi connectivity index (χ4n) is 4.10. The zero-order valence-electron chi connectivity index (χ0n) is 17.8. The fraction of sp³-hybridized carbons (Fsp3) is 0.308. The van der Waals surface area contributed by atoms with Gasteiger partial charge in [0.25, 0.3) is 0 Å². The number of fused-ring (bicyclic) bond motifs is 1. The largest absolute Gasteiger partial charge is 0.458 e. The van der Waals surface area contributed by atoms with E-state index >= 15 is 0 Å². The predicted octanol–water partition coefficient (Wildman–Crippen LogP) is 7.34. The SMILES string of the molecule is Fc1cc2cc(CCc3c(F)cc(C4CCCCO4)cc3F)ccc2c(F)c1C#CC(F)(F)F. The maximum absolute atomic E-state index is 14.6. The molecular formula is C26H19F7O. The van der Waals surface area contributed by atoms with Crippen LogP contribution in [0.2, 0.25) is 0 Å². The summed E-state index contributed by atoms with van der Waals surface area (Å²) in [6.07, 6.45) is -2.48. The molecule has 3 aromatic carbocycles. The Bertz CT molecular complexity index is 1260. The summed E-state index contributed by atoms with van der Waals surface area (Å²) in [5, 5.41) is 0.00150. The molecule has 0 radical (unpaired) electrons. The summed E-state index contributed by atoms with van der Waals surface area (Å²) in [6, 6.07) is 7.65. The highest BCUT2D eigenvalue weighted by Gasteiger charge is 2.24. The normalized spacial score (nSPS) is 16.4. The third kappa shape index (κ3) is 5.36. The first-order chi connectivity index (χ1) is 16.1. The van der Waals surface area contributed by atoms with Gasteiger partial charge in [0.15, 0.2) is 0 Å². The van der Waals surface area contributed by atoms with Crippen molar-refractivity contribution in [3.63, 3.8) is 0 Å². The zero-order chi connectivity index (χ0) is 24.5. The van der Waals surface area contributed by atoms with E-state index in [2.05, 4.69) is 0 Å². The van der Waals surface area contributed by atoms with Crippen molar-refractivity contribution in [2.75, 3.05) is 6.61 Å². The maximum atomic E-state index is 14.6. The molecular weight excluding hydrogens is 461 g/mol. The van der Waals surface area contributed by atoms with Crippen molar-refractivity contribution in [3.05, 3.63) is 81.9 Å². The van der Waals surface area contributed by atoms with Gasteiger partial charge in [-0.1, -0.05) is 24.1 Å². The van der Waals surface area contributed by atoms with Crippen LogP contribution in [-0.2, 0) is 17.6 Å². The van der Waals surface area contributed by atoms with Gasteiger partial charge in [-0.25, -0.2) is 17.6 Å². The number of halogens is 7. The van der Waals surface area contributed by atoms with Gasteiger partial charge in [-0.3, -0.25) is 0 Å². The molecule has 1 saturated heterocycles. The molecule has 0 aromatic heterocycles. The van der Waals surface area contributed by atoms with Gasteiger partial charge in [0.2, 0.25) is 0 Å². The average Bonchev–Trinajstić information content (AvgIpc) is 2.78. The Morgan fingerprint density at radius 1 is 0.882 bits per heavy atom. The monoisotopic (exact) mass is 480 g/mol. The molecule has 0 spiro atoms. The number of ether oxygens (including phenoxy) is 1. The first kappa shape index (κ1) is 24.1. The second-order valence-electron chi connectivity index (χ2n) is 8.17. The van der Waals surface area contributed by atoms with Crippen LogP contribution in [0.5, 0.6) is 0 Å². The third-order valence-corrected chi connectivity index (χ3v) is 5.80. The zero-order valence-corrected chi connectivity index (χ0v) is 17.8. The van der Waals surface area contributed by atoms with Crippen LogP contribution >= 0.6 is 0 Å². The molecule has 0 aliphatic carbocycles. The minimum atomic E-state index is -4.89. The van der Waals surface area contributed by atoms with E-state index in [4.69, 9.17) is 4.74 Å². The smallest absolute Gasteiger partial charge is 0.374 e. The number of rotatable bonds is 4. The van der Waals surface area contributed by atoms with Crippen molar-refractivity contribution in [1.82, 2.24) is 0 Å². The molecule has 1 unspecified atom stereocenters. The molecule has 178 valence electrons. The van der Waals surface area contributed by atoms with E-state index in [0.29, 0.717) is 24.2 Å². The molecule has 1 fully saturated rings. The van der Waals surface area contributed by atoms with Gasteiger partial charge >= 0.3 is 6.18 Å². The molecule has 0 saturated carbocycles. The van der Waals surface area contributed by atoms with Crippen LogP contribution in [0.25, 0.3) is 10.8 Å². The Hall–Kier alpha value is -3.05. The van der Waals surface area contributed by atoms with Gasteiger partial charge in [0, 0.05) is 23.5 Å². The summed E-state index contributed by atoms with van der Waals surface area (Å²) in [7, 11) is 0. The van der Waals surface area contributed by atoms with Gasteiger partial charge < -0.3 is 4.74 Å². The molecule has 0 N–H and O–H groups in total. The molecule has 4 rings (SSSR count). The number of alkyl halides is 3. The molecule has 0 bridgehead atoms. The van der Waals surface area contributed by atoms with Gasteiger partial charge in [-0.2, -0.15) is 13.2 Å². The summed E-state index contributed by atoms with van der Waals surface area (Å²) >= 11 is 0. The summed E-state index contributed by atoms with van der Waals surface area (Å²) < 4.78 is 101. The fourth-order valence-corrected chi connectivity index (χ4v) is 4.10. The number of aryl methyl sites for hydroxylation is 1. The Morgan fingerprint density at radius 2 is 1.62 bits per heavy atom. The number of hydrogen-bond acceptors (Lipinski definition) is 1. The van der Waals surface area contributed by atoms with E-state index in [1.807, 2.05) is 0 Å². The Morgan fingerprint density at radius 3 is 2.26 bits per heavy atom. The van der Waals surface area contributed by atoms with Gasteiger partial charge in [-0.15, -0.1) is 0 Å². The van der Waals surface area contributed by atoms with Crippen LogP contribution in [0, 0.1) is 35.1 Å². The van der Waals surface area contributed by atoms with Crippen LogP contribution in [-0.4, -0.2) is 12.8 Å². The van der Waals surface area contributed by atoms with Crippen molar-refractivity contribution in [2.24, 2.45) is 0 Å². The summed E-state index contributed by atoms with van der Waals surface area (Å²) in [5.74, 6) is -1.44. The van der Waals surface area contributed by atoms with Crippen molar-refractivity contribution in [1.29, 1.82) is 0 Å². The van der Waals surface area contributed by atoms with E-state index in [-0.39, 0.29) is 35.3 Å². The van der Waals surface area contributed by atoms with Crippen LogP contribution in [0.3, 0.4) is 0 Å². The Labute approximate surface area is 191 Å². The average molecular weight is 480 g/mol. The predicted molar refractivity (Wildman–Crippen MR) is 113 cm³/mol. The molecule has 8 heteroatoms. The second-order valence-corrected chi connectivity index (χ2v) is 8.17. The highest BCUT2D eigenvalue weighted by Crippen LogP contribution is 2.31. The quantitative estimate of drug-likeness (QED) is 0.281. The van der Waals surface area contributed by atoms with Crippen LogP contribution < -0.4 is 0 Å². The molecule has 1 heterocycles. The Balaban J connectivity index is 1.55. The van der Waals surface area contributed by atoms with E-state index < -0.39 is 35.0 Å². The summed E-state index contributed by atoms with van der Waals surface area (Å²) in [6.45, 7) is 0.551. The number of hydrogen-bond donors (Lipinski definition) is 0. The van der Waals surface area contributed by atoms with E-state index in [1.165, 1.54) is 36.3 Å². The van der Waals surface area contributed by atoms with E-state index in [1.54, 1.807) is 0 Å². The summed E-state index contributed by atoms with van der Waals surface area (Å²) in [5.41, 5.74) is -0.0583. The Kier molecular flexibility index (Phi) is 6.85. The first-order valence-electron chi connectivity index (χ1n) is 10.7. The second kappa shape index (κ2) is 9.67. The lowest BCUT2D eigenvalue weighted by atomic mass is 9.96. The lowest BCUT2D eigenvalue weighted by molar-refractivity contribution is -0.0696. The van der Waals surface area contributed by atoms with Crippen LogP contribution in [0.1, 0.15) is 47.6 Å². The molecule has 1 nitrogen and oxygen atoms in total. The lowest BCUT2D eigenvalue weighted by Crippen LogP contribution is -2.13. The summed E-state index contributed by atoms with van der Waals surface area (Å²) in [4.78, 5) is 0. The van der Waals surface area contributed by atoms with Crippen molar-refractivity contribution >= 4 is 10.8 Å². The molecule has 3 aromatic rings. The molecule has 1 atom stereocenters. The van der Waals surface area contributed by atoms with Gasteiger partial charge in [-0.05, 0) is 66.8 Å². The third-order valence-electron chi connectivity index (χ3n) is 5.80. The first-order valence-corrected chi connectivity index (χ1v) is 10.7. The molecule has 0 amide bonds. The number of benzene rings is 3. The highest BCUT2D eigenvalue weighted by atomic mass is 19.4. The lowest BCUT2D eigenvalue weighted by Gasteiger charge is -2.23. The topological polar surface area (TPSA) is 9.23 Å². The van der Waals surface area contributed by atoms with Gasteiger partial charge in [0.05, 0.1) is 11.7 Å². The standard InChI is InChI=1S/C26H19F7O/c27-21-13-17(24-3-1-2-10-34-24)14-22(28)19(21)7-5-15-4-6-18-16(11-15)12-23(29)20(25(18)30)8-9-26(31,32)33/h4,6,11-14,24H,1-3,5,7,10H2. The molecule has 1 aliphatic rings. The molecule has 1 aliphatic heterocycles. The van der Waals surface area contributed by atoms with Crippen molar-refractivity contribution in [2.45, 2.75) is 44.4 Å². The van der Waals surface area contributed by atoms with Crippen LogP contribution in [0.4, 0.5) is 30.7 Å². The minimum absolute atomic E-state index is 0.00901.